The zero-order valence-electron chi connectivity index (χ0n) is 12.0. The summed E-state index contributed by atoms with van der Waals surface area (Å²) in [5, 5.41) is 1.72. The number of carbonyl (C=O) groups is 1. The fourth-order valence-electron chi connectivity index (χ4n) is 2.08. The Morgan fingerprint density at radius 2 is 1.71 bits per heavy atom. The summed E-state index contributed by atoms with van der Waals surface area (Å²) < 4.78 is 65.9. The second-order valence-corrected chi connectivity index (χ2v) is 5.38. The number of benzene rings is 2. The van der Waals surface area contributed by atoms with E-state index in [2.05, 4.69) is 0 Å². The van der Waals surface area contributed by atoms with Crippen molar-refractivity contribution in [3.63, 3.8) is 0 Å². The summed E-state index contributed by atoms with van der Waals surface area (Å²) in [6.07, 6.45) is -5.45. The van der Waals surface area contributed by atoms with Crippen molar-refractivity contribution in [1.29, 1.82) is 0 Å². The fourth-order valence-corrected chi connectivity index (χ4v) is 2.31. The maximum absolute atomic E-state index is 13.6. The van der Waals surface area contributed by atoms with Gasteiger partial charge in [0.1, 0.15) is 11.6 Å². The Morgan fingerprint density at radius 1 is 1.08 bits per heavy atom. The van der Waals surface area contributed by atoms with Crippen LogP contribution in [0.5, 0.6) is 0 Å². The molecule has 2 rings (SSSR count). The van der Waals surface area contributed by atoms with Gasteiger partial charge >= 0.3 is 6.18 Å². The van der Waals surface area contributed by atoms with Crippen molar-refractivity contribution in [3.05, 3.63) is 70.2 Å². The van der Waals surface area contributed by atoms with Crippen molar-refractivity contribution in [2.24, 2.45) is 0 Å². The average molecular weight is 364 g/mol. The first kappa shape index (κ1) is 18.2. The number of carbonyl (C=O) groups excluding carboxylic acids is 1. The van der Waals surface area contributed by atoms with Crippen LogP contribution >= 0.6 is 11.6 Å². The Morgan fingerprint density at radius 3 is 2.25 bits per heavy atom. The van der Waals surface area contributed by atoms with E-state index in [9.17, 15) is 26.7 Å². The first-order chi connectivity index (χ1) is 11.2. The summed E-state index contributed by atoms with van der Waals surface area (Å²) in [6.45, 7) is 0. The summed E-state index contributed by atoms with van der Waals surface area (Å²) in [6, 6.07) is 4.91. The molecular formula is C16H11ClF5NO. The zero-order chi connectivity index (χ0) is 17.9. The van der Waals surface area contributed by atoms with Crippen molar-refractivity contribution in [2.45, 2.75) is 18.6 Å². The third-order valence-corrected chi connectivity index (χ3v) is 3.59. The zero-order valence-corrected chi connectivity index (χ0v) is 12.8. The van der Waals surface area contributed by atoms with Crippen LogP contribution in [-0.2, 0) is 11.2 Å². The van der Waals surface area contributed by atoms with E-state index in [-0.39, 0.29) is 16.1 Å². The molecule has 8 heteroatoms. The molecule has 2 aromatic rings. The van der Waals surface area contributed by atoms with E-state index < -0.39 is 36.2 Å². The van der Waals surface area contributed by atoms with Gasteiger partial charge < -0.3 is 5.32 Å². The van der Waals surface area contributed by atoms with Crippen molar-refractivity contribution < 1.29 is 26.7 Å². The van der Waals surface area contributed by atoms with Crippen LogP contribution in [0.3, 0.4) is 0 Å². The molecule has 0 aromatic heterocycles. The Kier molecular flexibility index (Phi) is 5.43. The quantitative estimate of drug-likeness (QED) is 0.791. The minimum Gasteiger partial charge on any atom is -0.341 e. The maximum Gasteiger partial charge on any atom is 0.412 e. The van der Waals surface area contributed by atoms with Gasteiger partial charge in [0.15, 0.2) is 6.04 Å². The van der Waals surface area contributed by atoms with Gasteiger partial charge in [0.05, 0.1) is 6.42 Å². The second kappa shape index (κ2) is 7.17. The number of nitrogens with one attached hydrogen (secondary N) is 1. The molecule has 2 nitrogen and oxygen atoms in total. The molecule has 0 aliphatic rings. The Hall–Kier alpha value is -2.15. The van der Waals surface area contributed by atoms with E-state index in [1.807, 2.05) is 0 Å². The topological polar surface area (TPSA) is 29.1 Å². The van der Waals surface area contributed by atoms with Gasteiger partial charge in [-0.15, -0.1) is 0 Å². The molecule has 1 unspecified atom stereocenters. The number of hydrogen-bond donors (Lipinski definition) is 1. The van der Waals surface area contributed by atoms with E-state index >= 15 is 0 Å². The van der Waals surface area contributed by atoms with Gasteiger partial charge in [-0.3, -0.25) is 4.79 Å². The Bertz CT molecular complexity index is 710. The summed E-state index contributed by atoms with van der Waals surface area (Å²) in [5.41, 5.74) is -0.534. The lowest BCUT2D eigenvalue weighted by Gasteiger charge is -2.22. The molecule has 0 aliphatic carbocycles. The summed E-state index contributed by atoms with van der Waals surface area (Å²) in [4.78, 5) is 11.9. The van der Waals surface area contributed by atoms with Gasteiger partial charge in [-0.25, -0.2) is 8.78 Å². The van der Waals surface area contributed by atoms with Gasteiger partial charge in [0.25, 0.3) is 0 Å². The van der Waals surface area contributed by atoms with E-state index in [4.69, 9.17) is 11.6 Å². The fraction of sp³-hybridized carbons (Fsp3) is 0.188. The second-order valence-electron chi connectivity index (χ2n) is 4.97. The lowest BCUT2D eigenvalue weighted by molar-refractivity contribution is -0.163. The summed E-state index contributed by atoms with van der Waals surface area (Å²) in [5.74, 6) is -2.55. The molecule has 0 radical (unpaired) electrons. The van der Waals surface area contributed by atoms with Crippen LogP contribution in [0.25, 0.3) is 0 Å². The molecule has 0 saturated carbocycles. The molecule has 0 spiro atoms. The highest BCUT2D eigenvalue weighted by molar-refractivity contribution is 6.31. The highest BCUT2D eigenvalue weighted by Gasteiger charge is 2.41. The lowest BCUT2D eigenvalue weighted by Crippen LogP contribution is -2.39. The van der Waals surface area contributed by atoms with Crippen molar-refractivity contribution in [3.8, 4) is 0 Å². The minimum absolute atomic E-state index is 0.0597. The Labute approximate surface area is 139 Å². The molecule has 0 fully saturated rings. The van der Waals surface area contributed by atoms with Crippen LogP contribution in [0, 0.1) is 11.6 Å². The van der Waals surface area contributed by atoms with Crippen LogP contribution in [0.2, 0.25) is 5.02 Å². The number of alkyl halides is 3. The molecule has 1 amide bonds. The van der Waals surface area contributed by atoms with Crippen molar-refractivity contribution in [2.75, 3.05) is 0 Å². The third kappa shape index (κ3) is 4.44. The summed E-state index contributed by atoms with van der Waals surface area (Å²) >= 11 is 5.75. The summed E-state index contributed by atoms with van der Waals surface area (Å²) in [7, 11) is 0. The SMILES string of the molecule is O=C(Cc1c(F)cccc1Cl)NC(c1ccc(F)cc1)C(F)(F)F. The molecule has 1 N–H and O–H groups in total. The van der Waals surface area contributed by atoms with Gasteiger partial charge in [-0.2, -0.15) is 13.2 Å². The average Bonchev–Trinajstić information content (AvgIpc) is 2.49. The largest absolute Gasteiger partial charge is 0.412 e. The third-order valence-electron chi connectivity index (χ3n) is 3.24. The first-order valence-corrected chi connectivity index (χ1v) is 7.10. The maximum atomic E-state index is 13.6. The van der Waals surface area contributed by atoms with E-state index in [1.165, 1.54) is 12.1 Å². The monoisotopic (exact) mass is 363 g/mol. The van der Waals surface area contributed by atoms with Crippen LogP contribution < -0.4 is 5.32 Å². The van der Waals surface area contributed by atoms with Crippen LogP contribution in [0.1, 0.15) is 17.2 Å². The predicted molar refractivity (Wildman–Crippen MR) is 78.5 cm³/mol. The number of amides is 1. The Balaban J connectivity index is 2.21. The highest BCUT2D eigenvalue weighted by Crippen LogP contribution is 2.33. The van der Waals surface area contributed by atoms with Gasteiger partial charge in [0, 0.05) is 10.6 Å². The molecule has 24 heavy (non-hydrogen) atoms. The molecule has 0 aliphatic heterocycles. The van der Waals surface area contributed by atoms with Gasteiger partial charge in [-0.1, -0.05) is 29.8 Å². The molecule has 128 valence electrons. The molecule has 0 heterocycles. The van der Waals surface area contributed by atoms with Crippen LogP contribution in [0.4, 0.5) is 22.0 Å². The highest BCUT2D eigenvalue weighted by atomic mass is 35.5. The lowest BCUT2D eigenvalue weighted by atomic mass is 10.1. The van der Waals surface area contributed by atoms with Crippen LogP contribution in [0.15, 0.2) is 42.5 Å². The molecule has 1 atom stereocenters. The van der Waals surface area contributed by atoms with E-state index in [0.717, 1.165) is 30.3 Å². The van der Waals surface area contributed by atoms with E-state index in [0.29, 0.717) is 0 Å². The number of rotatable bonds is 4. The predicted octanol–water partition coefficient (Wildman–Crippen LogP) is 4.58. The van der Waals surface area contributed by atoms with Crippen molar-refractivity contribution >= 4 is 17.5 Å². The molecule has 2 aromatic carbocycles. The number of hydrogen-bond acceptors (Lipinski definition) is 1. The smallest absolute Gasteiger partial charge is 0.341 e. The number of halogens is 6. The minimum atomic E-state index is -4.80. The first-order valence-electron chi connectivity index (χ1n) is 6.73. The van der Waals surface area contributed by atoms with Crippen LogP contribution in [-0.4, -0.2) is 12.1 Å². The van der Waals surface area contributed by atoms with E-state index in [1.54, 1.807) is 5.32 Å². The molecular weight excluding hydrogens is 353 g/mol. The molecule has 0 bridgehead atoms. The van der Waals surface area contributed by atoms with Crippen molar-refractivity contribution in [1.82, 2.24) is 5.32 Å². The molecule has 0 saturated heterocycles. The normalized spacial score (nSPS) is 12.8. The standard InChI is InChI=1S/C16H11ClF5NO/c17-12-2-1-3-13(19)11(12)8-14(24)23-15(16(20,21)22)9-4-6-10(18)7-5-9/h1-7,15H,8H2,(H,23,24). The van der Waals surface area contributed by atoms with Gasteiger partial charge in [-0.05, 0) is 29.8 Å². The van der Waals surface area contributed by atoms with Gasteiger partial charge in [0.2, 0.25) is 5.91 Å².